The molecule has 0 aromatic carbocycles. The summed E-state index contributed by atoms with van der Waals surface area (Å²) in [6, 6.07) is 6.17. The molecular weight excluding hydrogens is 266 g/mol. The zero-order valence-corrected chi connectivity index (χ0v) is 11.2. The van der Waals surface area contributed by atoms with Crippen LogP contribution in [0.4, 0.5) is 5.82 Å². The lowest BCUT2D eigenvalue weighted by Crippen LogP contribution is -2.32. The quantitative estimate of drug-likeness (QED) is 0.761. The maximum absolute atomic E-state index is 12.2. The summed E-state index contributed by atoms with van der Waals surface area (Å²) in [4.78, 5) is 3.97. The molecule has 100 valence electrons. The molecule has 8 heteroatoms. The molecule has 0 aliphatic rings. The molecule has 0 saturated carbocycles. The Morgan fingerprint density at radius 1 is 1.37 bits per heavy atom. The minimum atomic E-state index is -3.86. The van der Waals surface area contributed by atoms with Crippen LogP contribution < -0.4 is 5.32 Å². The Bertz CT molecular complexity index is 599. The minimum absolute atomic E-state index is 0.00366. The summed E-state index contributed by atoms with van der Waals surface area (Å²) >= 11 is 0. The van der Waals surface area contributed by atoms with Crippen LogP contribution in [0.1, 0.15) is 6.92 Å². The molecular formula is C11H13N5O2S. The molecule has 0 bridgehead atoms. The van der Waals surface area contributed by atoms with Gasteiger partial charge in [0, 0.05) is 18.8 Å². The van der Waals surface area contributed by atoms with Gasteiger partial charge < -0.3 is 5.32 Å². The second-order valence-electron chi connectivity index (χ2n) is 3.50. The van der Waals surface area contributed by atoms with E-state index in [1.54, 1.807) is 12.1 Å². The van der Waals surface area contributed by atoms with Crippen LogP contribution >= 0.6 is 0 Å². The lowest BCUT2D eigenvalue weighted by molar-refractivity contribution is 0.479. The number of nitrogens with one attached hydrogen (secondary N) is 1. The van der Waals surface area contributed by atoms with Crippen molar-refractivity contribution in [2.75, 3.05) is 25.0 Å². The highest BCUT2D eigenvalue weighted by Crippen LogP contribution is 2.17. The number of pyridine rings is 1. The summed E-state index contributed by atoms with van der Waals surface area (Å²) in [5, 5.41) is 20.1. The number of hydrogen-bond acceptors (Lipinski definition) is 6. The number of nitriles is 2. The Hall–Kier alpha value is -2.16. The van der Waals surface area contributed by atoms with Crippen molar-refractivity contribution in [3.8, 4) is 12.1 Å². The van der Waals surface area contributed by atoms with Gasteiger partial charge in [0.15, 0.2) is 0 Å². The van der Waals surface area contributed by atoms with Crippen molar-refractivity contribution in [2.24, 2.45) is 0 Å². The van der Waals surface area contributed by atoms with Crippen molar-refractivity contribution in [1.29, 1.82) is 10.5 Å². The van der Waals surface area contributed by atoms with Gasteiger partial charge in [-0.25, -0.2) is 13.4 Å². The molecule has 0 amide bonds. The smallest absolute Gasteiger partial charge is 0.245 e. The second kappa shape index (κ2) is 6.69. The van der Waals surface area contributed by atoms with E-state index in [0.717, 1.165) is 4.31 Å². The lowest BCUT2D eigenvalue weighted by Gasteiger charge is -2.16. The molecule has 0 unspecified atom stereocenters. The monoisotopic (exact) mass is 279 g/mol. The molecule has 1 rings (SSSR count). The second-order valence-corrected chi connectivity index (χ2v) is 5.43. The number of anilines is 1. The maximum atomic E-state index is 12.2. The molecule has 7 nitrogen and oxygen atoms in total. The maximum Gasteiger partial charge on any atom is 0.245 e. The molecule has 1 aromatic heterocycles. The van der Waals surface area contributed by atoms with Crippen LogP contribution in [-0.4, -0.2) is 37.3 Å². The molecule has 0 spiro atoms. The Balaban J connectivity index is 3.15. The number of sulfonamides is 1. The van der Waals surface area contributed by atoms with E-state index in [1.165, 1.54) is 18.3 Å². The molecule has 0 radical (unpaired) electrons. The molecule has 1 aromatic rings. The van der Waals surface area contributed by atoms with Gasteiger partial charge in [-0.1, -0.05) is 0 Å². The van der Waals surface area contributed by atoms with Gasteiger partial charge in [-0.15, -0.1) is 0 Å². The Labute approximate surface area is 112 Å². The van der Waals surface area contributed by atoms with Crippen LogP contribution in [0.3, 0.4) is 0 Å². The Morgan fingerprint density at radius 2 is 2.00 bits per heavy atom. The number of aromatic nitrogens is 1. The normalized spacial score (nSPS) is 10.7. The molecule has 0 fully saturated rings. The van der Waals surface area contributed by atoms with E-state index in [2.05, 4.69) is 10.3 Å². The van der Waals surface area contributed by atoms with Gasteiger partial charge >= 0.3 is 0 Å². The lowest BCUT2D eigenvalue weighted by atomic mass is 10.4. The van der Waals surface area contributed by atoms with Crippen molar-refractivity contribution in [2.45, 2.75) is 11.8 Å². The summed E-state index contributed by atoms with van der Waals surface area (Å²) in [7, 11) is -3.86. The predicted molar refractivity (Wildman–Crippen MR) is 68.4 cm³/mol. The molecule has 19 heavy (non-hydrogen) atoms. The van der Waals surface area contributed by atoms with E-state index >= 15 is 0 Å². The fourth-order valence-electron chi connectivity index (χ4n) is 1.38. The van der Waals surface area contributed by atoms with Crippen LogP contribution in [0.15, 0.2) is 23.2 Å². The molecule has 1 heterocycles. The molecule has 0 atom stereocenters. The zero-order chi connectivity index (χ0) is 14.3. The highest BCUT2D eigenvalue weighted by atomic mass is 32.2. The van der Waals surface area contributed by atoms with Gasteiger partial charge in [-0.2, -0.15) is 14.8 Å². The van der Waals surface area contributed by atoms with Gasteiger partial charge in [0.2, 0.25) is 10.0 Å². The third-order valence-corrected chi connectivity index (χ3v) is 4.01. The van der Waals surface area contributed by atoms with Crippen molar-refractivity contribution in [3.63, 3.8) is 0 Å². The van der Waals surface area contributed by atoms with E-state index in [9.17, 15) is 8.42 Å². The van der Waals surface area contributed by atoms with Crippen LogP contribution in [0.25, 0.3) is 0 Å². The summed E-state index contributed by atoms with van der Waals surface area (Å²) in [5.41, 5.74) is 0. The summed E-state index contributed by atoms with van der Waals surface area (Å²) < 4.78 is 25.3. The van der Waals surface area contributed by atoms with E-state index in [4.69, 9.17) is 10.5 Å². The van der Waals surface area contributed by atoms with E-state index in [1.807, 2.05) is 6.92 Å². The van der Waals surface area contributed by atoms with Gasteiger partial charge in [0.1, 0.15) is 18.9 Å². The average Bonchev–Trinajstić information content (AvgIpc) is 2.39. The fourth-order valence-corrected chi connectivity index (χ4v) is 2.63. The number of hydrogen-bond donors (Lipinski definition) is 1. The minimum Gasteiger partial charge on any atom is -0.370 e. The fraction of sp³-hybridized carbons (Fsp3) is 0.364. The summed E-state index contributed by atoms with van der Waals surface area (Å²) in [6.45, 7) is 1.74. The first-order chi connectivity index (χ1) is 9.06. The van der Waals surface area contributed by atoms with Crippen molar-refractivity contribution in [1.82, 2.24) is 9.29 Å². The predicted octanol–water partition coefficient (Wildman–Crippen LogP) is 0.551. The molecule has 0 saturated heterocycles. The van der Waals surface area contributed by atoms with Gasteiger partial charge in [0.25, 0.3) is 0 Å². The third kappa shape index (κ3) is 3.65. The SMILES string of the molecule is CCNc1cc(S(=O)(=O)N(CC#N)CC#N)ccn1. The van der Waals surface area contributed by atoms with Crippen molar-refractivity contribution >= 4 is 15.8 Å². The molecule has 0 aliphatic heterocycles. The van der Waals surface area contributed by atoms with E-state index in [0.29, 0.717) is 12.4 Å². The van der Waals surface area contributed by atoms with Gasteiger partial charge in [-0.05, 0) is 13.0 Å². The highest BCUT2D eigenvalue weighted by Gasteiger charge is 2.24. The first-order valence-electron chi connectivity index (χ1n) is 5.50. The number of nitrogens with zero attached hydrogens (tertiary/aromatic N) is 4. The van der Waals surface area contributed by atoms with Gasteiger partial charge in [-0.3, -0.25) is 0 Å². The summed E-state index contributed by atoms with van der Waals surface area (Å²) in [5.74, 6) is 0.428. The highest BCUT2D eigenvalue weighted by molar-refractivity contribution is 7.89. The summed E-state index contributed by atoms with van der Waals surface area (Å²) in [6.07, 6.45) is 1.36. The largest absolute Gasteiger partial charge is 0.370 e. The van der Waals surface area contributed by atoms with Crippen molar-refractivity contribution in [3.05, 3.63) is 18.3 Å². The first-order valence-corrected chi connectivity index (χ1v) is 6.94. The van der Waals surface area contributed by atoms with Crippen LogP contribution in [0.5, 0.6) is 0 Å². The van der Waals surface area contributed by atoms with Crippen LogP contribution in [-0.2, 0) is 10.0 Å². The topological polar surface area (TPSA) is 110 Å². The van der Waals surface area contributed by atoms with Gasteiger partial charge in [0.05, 0.1) is 17.0 Å². The molecule has 0 aliphatic carbocycles. The van der Waals surface area contributed by atoms with E-state index in [-0.39, 0.29) is 18.0 Å². The zero-order valence-electron chi connectivity index (χ0n) is 10.4. The molecule has 1 N–H and O–H groups in total. The third-order valence-electron chi connectivity index (χ3n) is 2.22. The Morgan fingerprint density at radius 3 is 2.53 bits per heavy atom. The average molecular weight is 279 g/mol. The standard InChI is InChI=1S/C11H13N5O2S/c1-2-14-11-9-10(3-6-15-11)19(17,18)16(7-4-12)8-5-13/h3,6,9H,2,7-8H2,1H3,(H,14,15). The van der Waals surface area contributed by atoms with Crippen LogP contribution in [0, 0.1) is 22.7 Å². The number of rotatable bonds is 6. The van der Waals surface area contributed by atoms with Crippen molar-refractivity contribution < 1.29 is 8.42 Å². The van der Waals surface area contributed by atoms with Crippen LogP contribution in [0.2, 0.25) is 0 Å². The Kier molecular flexibility index (Phi) is 5.24. The van der Waals surface area contributed by atoms with E-state index < -0.39 is 10.0 Å². The first kappa shape index (κ1) is 14.9.